The molecule has 2 aromatic rings. The molecule has 20 heavy (non-hydrogen) atoms. The molecule has 1 amide bonds. The van der Waals surface area contributed by atoms with Gasteiger partial charge in [0.15, 0.2) is 0 Å². The Bertz CT molecular complexity index is 659. The van der Waals surface area contributed by atoms with Crippen molar-refractivity contribution >= 4 is 17.2 Å². The number of rotatable bonds is 3. The maximum absolute atomic E-state index is 13.8. The van der Waals surface area contributed by atoms with Crippen LogP contribution in [0.2, 0.25) is 0 Å². The van der Waals surface area contributed by atoms with E-state index in [-0.39, 0.29) is 18.7 Å². The maximum atomic E-state index is 13.8. The zero-order valence-electron chi connectivity index (χ0n) is 10.5. The van der Waals surface area contributed by atoms with Gasteiger partial charge >= 0.3 is 0 Å². The molecule has 0 unspecified atom stereocenters. The maximum Gasteiger partial charge on any atom is 0.254 e. The fourth-order valence-electron chi connectivity index (χ4n) is 1.52. The van der Waals surface area contributed by atoms with E-state index in [2.05, 4.69) is 22.1 Å². The molecule has 2 rings (SSSR count). The van der Waals surface area contributed by atoms with Crippen LogP contribution in [0.3, 0.4) is 0 Å². The van der Waals surface area contributed by atoms with Crippen LogP contribution in [-0.2, 0) is 6.54 Å². The Balaban J connectivity index is 2.06. The number of nitrogens with zero attached hydrogens (tertiary/aromatic N) is 1. The summed E-state index contributed by atoms with van der Waals surface area (Å²) in [4.78, 5) is 15.9. The summed E-state index contributed by atoms with van der Waals surface area (Å²) >= 11 is 1.43. The Morgan fingerprint density at radius 2 is 2.35 bits per heavy atom. The molecule has 0 radical (unpaired) electrons. The van der Waals surface area contributed by atoms with Crippen LogP contribution in [0, 0.1) is 17.7 Å². The zero-order valence-corrected chi connectivity index (χ0v) is 11.3. The van der Waals surface area contributed by atoms with Crippen molar-refractivity contribution < 1.29 is 9.18 Å². The fraction of sp³-hybridized carbons (Fsp3) is 0.143. The molecule has 3 N–H and O–H groups in total. The van der Waals surface area contributed by atoms with Gasteiger partial charge in [-0.05, 0) is 18.2 Å². The molecule has 0 aliphatic rings. The van der Waals surface area contributed by atoms with Crippen LogP contribution in [0.1, 0.15) is 20.9 Å². The summed E-state index contributed by atoms with van der Waals surface area (Å²) in [5.41, 5.74) is 5.72. The molecule has 0 saturated carbocycles. The van der Waals surface area contributed by atoms with Crippen LogP contribution in [0.15, 0.2) is 29.8 Å². The van der Waals surface area contributed by atoms with Crippen molar-refractivity contribution in [3.63, 3.8) is 0 Å². The van der Waals surface area contributed by atoms with Gasteiger partial charge in [-0.3, -0.25) is 4.79 Å². The minimum atomic E-state index is -0.606. The van der Waals surface area contributed by atoms with Gasteiger partial charge in [-0.2, -0.15) is 0 Å². The van der Waals surface area contributed by atoms with Crippen LogP contribution in [0.5, 0.6) is 0 Å². The highest BCUT2D eigenvalue weighted by molar-refractivity contribution is 7.09. The average molecular weight is 289 g/mol. The predicted molar refractivity (Wildman–Crippen MR) is 75.6 cm³/mol. The standard InChI is InChI=1S/C14H12FN3OS/c15-12-8-10(2-1-5-16)3-4-11(12)14(19)18-9-13-17-6-7-20-13/h3-4,6-8H,5,9,16H2,(H,18,19). The van der Waals surface area contributed by atoms with Crippen molar-refractivity contribution in [2.75, 3.05) is 6.54 Å². The molecule has 0 bridgehead atoms. The van der Waals surface area contributed by atoms with Gasteiger partial charge in [-0.25, -0.2) is 9.37 Å². The molecule has 0 aliphatic heterocycles. The first-order chi connectivity index (χ1) is 9.70. The highest BCUT2D eigenvalue weighted by Crippen LogP contribution is 2.10. The first-order valence-electron chi connectivity index (χ1n) is 5.86. The molecule has 0 aliphatic carbocycles. The van der Waals surface area contributed by atoms with Crippen molar-refractivity contribution in [1.82, 2.24) is 10.3 Å². The molecule has 6 heteroatoms. The quantitative estimate of drug-likeness (QED) is 0.842. The predicted octanol–water partition coefficient (Wildman–Crippen LogP) is 1.52. The number of thiazole rings is 1. The number of amides is 1. The lowest BCUT2D eigenvalue weighted by atomic mass is 10.1. The second-order valence-corrected chi connectivity index (χ2v) is 4.79. The third-order valence-corrected chi connectivity index (χ3v) is 3.21. The van der Waals surface area contributed by atoms with Crippen LogP contribution >= 0.6 is 11.3 Å². The van der Waals surface area contributed by atoms with E-state index in [1.54, 1.807) is 12.3 Å². The Morgan fingerprint density at radius 1 is 1.50 bits per heavy atom. The van der Waals surface area contributed by atoms with Gasteiger partial charge in [0, 0.05) is 17.1 Å². The highest BCUT2D eigenvalue weighted by Gasteiger charge is 2.12. The first kappa shape index (κ1) is 14.2. The molecule has 1 aromatic carbocycles. The number of hydrogen-bond acceptors (Lipinski definition) is 4. The molecule has 0 spiro atoms. The molecular weight excluding hydrogens is 277 g/mol. The van der Waals surface area contributed by atoms with Gasteiger partial charge in [0.05, 0.1) is 18.7 Å². The third-order valence-electron chi connectivity index (χ3n) is 2.43. The van der Waals surface area contributed by atoms with E-state index in [4.69, 9.17) is 5.73 Å². The van der Waals surface area contributed by atoms with Gasteiger partial charge in [-0.15, -0.1) is 11.3 Å². The summed E-state index contributed by atoms with van der Waals surface area (Å²) in [5.74, 6) is 4.26. The number of carbonyl (C=O) groups is 1. The van der Waals surface area contributed by atoms with E-state index in [1.807, 2.05) is 5.38 Å². The van der Waals surface area contributed by atoms with Crippen molar-refractivity contribution in [1.29, 1.82) is 0 Å². The Morgan fingerprint density at radius 3 is 3.00 bits per heavy atom. The molecule has 1 heterocycles. The molecular formula is C14H12FN3OS. The molecule has 1 aromatic heterocycles. The Hall–Kier alpha value is -2.23. The third kappa shape index (κ3) is 3.63. The van der Waals surface area contributed by atoms with Gasteiger partial charge < -0.3 is 11.1 Å². The van der Waals surface area contributed by atoms with Crippen molar-refractivity contribution in [3.05, 3.63) is 51.7 Å². The van der Waals surface area contributed by atoms with E-state index in [1.165, 1.54) is 23.5 Å². The number of halogens is 1. The summed E-state index contributed by atoms with van der Waals surface area (Å²) in [5, 5.41) is 5.20. The lowest BCUT2D eigenvalue weighted by Crippen LogP contribution is -2.23. The highest BCUT2D eigenvalue weighted by atomic mass is 32.1. The van der Waals surface area contributed by atoms with Gasteiger partial charge in [-0.1, -0.05) is 11.8 Å². The van der Waals surface area contributed by atoms with Crippen molar-refractivity contribution in [3.8, 4) is 11.8 Å². The zero-order chi connectivity index (χ0) is 14.4. The number of aromatic nitrogens is 1. The number of hydrogen-bond donors (Lipinski definition) is 2. The second kappa shape index (κ2) is 6.80. The smallest absolute Gasteiger partial charge is 0.254 e. The van der Waals surface area contributed by atoms with Gasteiger partial charge in [0.25, 0.3) is 5.91 Å². The van der Waals surface area contributed by atoms with E-state index >= 15 is 0 Å². The first-order valence-corrected chi connectivity index (χ1v) is 6.73. The number of nitrogens with one attached hydrogen (secondary N) is 1. The molecule has 0 fully saturated rings. The number of carbonyl (C=O) groups excluding carboxylic acids is 1. The molecule has 0 saturated heterocycles. The summed E-state index contributed by atoms with van der Waals surface area (Å²) in [7, 11) is 0. The largest absolute Gasteiger partial charge is 0.345 e. The normalized spacial score (nSPS) is 9.70. The second-order valence-electron chi connectivity index (χ2n) is 3.81. The minimum absolute atomic E-state index is 0.0140. The molecule has 0 atom stereocenters. The van der Waals surface area contributed by atoms with Crippen LogP contribution in [0.4, 0.5) is 4.39 Å². The van der Waals surface area contributed by atoms with E-state index in [0.717, 1.165) is 5.01 Å². The Kier molecular flexibility index (Phi) is 4.82. The summed E-state index contributed by atoms with van der Waals surface area (Å²) in [6.07, 6.45) is 1.65. The lowest BCUT2D eigenvalue weighted by Gasteiger charge is -2.04. The van der Waals surface area contributed by atoms with E-state index in [9.17, 15) is 9.18 Å². The van der Waals surface area contributed by atoms with Crippen LogP contribution in [0.25, 0.3) is 0 Å². The van der Waals surface area contributed by atoms with Crippen LogP contribution in [-0.4, -0.2) is 17.4 Å². The SMILES string of the molecule is NCC#Cc1ccc(C(=O)NCc2nccs2)c(F)c1. The van der Waals surface area contributed by atoms with Crippen molar-refractivity contribution in [2.24, 2.45) is 5.73 Å². The van der Waals surface area contributed by atoms with Gasteiger partial charge in [0.2, 0.25) is 0 Å². The number of nitrogens with two attached hydrogens (primary N) is 1. The van der Waals surface area contributed by atoms with Crippen LogP contribution < -0.4 is 11.1 Å². The minimum Gasteiger partial charge on any atom is -0.345 e. The lowest BCUT2D eigenvalue weighted by molar-refractivity contribution is 0.0947. The molecule has 102 valence electrons. The monoisotopic (exact) mass is 289 g/mol. The van der Waals surface area contributed by atoms with E-state index < -0.39 is 11.7 Å². The number of benzene rings is 1. The molecule has 4 nitrogen and oxygen atoms in total. The fourth-order valence-corrected chi connectivity index (χ4v) is 2.08. The van der Waals surface area contributed by atoms with Gasteiger partial charge in [0.1, 0.15) is 10.8 Å². The average Bonchev–Trinajstić information content (AvgIpc) is 2.96. The summed E-state index contributed by atoms with van der Waals surface area (Å²) in [6.45, 7) is 0.488. The summed E-state index contributed by atoms with van der Waals surface area (Å²) < 4.78 is 13.8. The van der Waals surface area contributed by atoms with Crippen molar-refractivity contribution in [2.45, 2.75) is 6.54 Å². The Labute approximate surface area is 119 Å². The summed E-state index contributed by atoms with van der Waals surface area (Å²) in [6, 6.07) is 4.22. The topological polar surface area (TPSA) is 68.0 Å². The van der Waals surface area contributed by atoms with E-state index in [0.29, 0.717) is 5.56 Å².